The van der Waals surface area contributed by atoms with E-state index >= 15 is 0 Å². The fourth-order valence-corrected chi connectivity index (χ4v) is 2.77. The molecule has 0 bridgehead atoms. The number of nitrogens with zero attached hydrogens (tertiary/aromatic N) is 5. The molecule has 2 aliphatic heterocycles. The minimum Gasteiger partial charge on any atom is -0.358 e. The van der Waals surface area contributed by atoms with E-state index in [9.17, 15) is 10.1 Å². The summed E-state index contributed by atoms with van der Waals surface area (Å²) in [4.78, 5) is 16.8. The van der Waals surface area contributed by atoms with E-state index in [2.05, 4.69) is 23.8 Å². The molecule has 2 saturated heterocycles. The molecule has 2 fully saturated rings. The van der Waals surface area contributed by atoms with Gasteiger partial charge in [-0.25, -0.2) is 10.1 Å². The molecule has 2 unspecified atom stereocenters. The zero-order chi connectivity index (χ0) is 14.9. The van der Waals surface area contributed by atoms with Crippen LogP contribution in [-0.2, 0) is 4.74 Å². The van der Waals surface area contributed by atoms with Gasteiger partial charge in [-0.3, -0.25) is 9.80 Å². The molecule has 2 atom stereocenters. The van der Waals surface area contributed by atoms with Crippen LogP contribution in [0.25, 0.3) is 0 Å². The molecule has 8 heteroatoms. The van der Waals surface area contributed by atoms with Crippen LogP contribution in [0, 0.1) is 10.1 Å². The van der Waals surface area contributed by atoms with Gasteiger partial charge in [-0.2, -0.15) is 0 Å². The van der Waals surface area contributed by atoms with Gasteiger partial charge in [0, 0.05) is 19.7 Å². The van der Waals surface area contributed by atoms with Crippen molar-refractivity contribution in [1.29, 1.82) is 0 Å². The average molecular weight is 285 g/mol. The van der Waals surface area contributed by atoms with Gasteiger partial charge < -0.3 is 9.64 Å². The number of ether oxygens (including phenoxy) is 1. The fourth-order valence-electron chi connectivity index (χ4n) is 2.77. The normalized spacial score (nSPS) is 30.6. The molecule has 0 aromatic rings. The Morgan fingerprint density at radius 1 is 1.50 bits per heavy atom. The Labute approximate surface area is 119 Å². The molecule has 0 aromatic carbocycles. The zero-order valence-corrected chi connectivity index (χ0v) is 12.5. The van der Waals surface area contributed by atoms with Gasteiger partial charge in [-0.1, -0.05) is 0 Å². The second-order valence-corrected chi connectivity index (χ2v) is 5.57. The predicted octanol–water partition coefficient (Wildman–Crippen LogP) is 0.932. The molecule has 2 rings (SSSR count). The van der Waals surface area contributed by atoms with Crippen molar-refractivity contribution >= 4 is 5.96 Å². The lowest BCUT2D eigenvalue weighted by Gasteiger charge is -2.49. The van der Waals surface area contributed by atoms with E-state index in [0.29, 0.717) is 25.3 Å². The molecular formula is C12H23N5O3. The summed E-state index contributed by atoms with van der Waals surface area (Å²) in [5.74, 6) is 0.381. The predicted molar refractivity (Wildman–Crippen MR) is 74.3 cm³/mol. The molecule has 0 radical (unpaired) electrons. The Morgan fingerprint density at radius 2 is 2.20 bits per heavy atom. The van der Waals surface area contributed by atoms with E-state index in [-0.39, 0.29) is 12.4 Å². The van der Waals surface area contributed by atoms with Crippen LogP contribution in [-0.4, -0.2) is 64.5 Å². The van der Waals surface area contributed by atoms with Gasteiger partial charge in [0.15, 0.2) is 5.03 Å². The van der Waals surface area contributed by atoms with Crippen molar-refractivity contribution in [3.8, 4) is 0 Å². The number of hydrogen-bond acceptors (Lipinski definition) is 4. The Hall–Kier alpha value is -1.41. The smallest absolute Gasteiger partial charge is 0.278 e. The summed E-state index contributed by atoms with van der Waals surface area (Å²) >= 11 is 0. The van der Waals surface area contributed by atoms with Crippen molar-refractivity contribution in [1.82, 2.24) is 14.7 Å². The average Bonchev–Trinajstić information content (AvgIpc) is 2.88. The van der Waals surface area contributed by atoms with Crippen LogP contribution in [0.4, 0.5) is 0 Å². The summed E-state index contributed by atoms with van der Waals surface area (Å²) in [6, 6.07) is 0.341. The SMILES string of the molecule is CC(C)N1CN(C2CCCO2)C(=N[N+](=O)[O-])N(C)C1C. The third kappa shape index (κ3) is 2.85. The quantitative estimate of drug-likeness (QED) is 0.567. The molecule has 20 heavy (non-hydrogen) atoms. The van der Waals surface area contributed by atoms with Crippen LogP contribution in [0.15, 0.2) is 5.10 Å². The van der Waals surface area contributed by atoms with Gasteiger partial charge in [0.1, 0.15) is 11.3 Å². The first-order valence-electron chi connectivity index (χ1n) is 7.01. The van der Waals surface area contributed by atoms with E-state index < -0.39 is 5.03 Å². The molecule has 0 aliphatic carbocycles. The Balaban J connectivity index is 2.29. The number of hydrogen-bond donors (Lipinski definition) is 0. The maximum absolute atomic E-state index is 10.8. The summed E-state index contributed by atoms with van der Waals surface area (Å²) in [6.07, 6.45) is 1.80. The molecule has 0 saturated carbocycles. The largest absolute Gasteiger partial charge is 0.358 e. The Morgan fingerprint density at radius 3 is 2.70 bits per heavy atom. The van der Waals surface area contributed by atoms with E-state index in [1.54, 1.807) is 0 Å². The van der Waals surface area contributed by atoms with Crippen molar-refractivity contribution in [3.63, 3.8) is 0 Å². The Kier molecular flexibility index (Phi) is 4.44. The maximum Gasteiger partial charge on any atom is 0.278 e. The van der Waals surface area contributed by atoms with E-state index in [1.807, 2.05) is 23.8 Å². The molecule has 114 valence electrons. The van der Waals surface area contributed by atoms with Crippen molar-refractivity contribution in [3.05, 3.63) is 10.1 Å². The van der Waals surface area contributed by atoms with Crippen LogP contribution < -0.4 is 0 Å². The van der Waals surface area contributed by atoms with E-state index in [1.165, 1.54) is 0 Å². The maximum atomic E-state index is 10.8. The monoisotopic (exact) mass is 285 g/mol. The number of hydrazone groups is 1. The third-order valence-corrected chi connectivity index (χ3v) is 4.02. The van der Waals surface area contributed by atoms with Crippen molar-refractivity contribution in [2.45, 2.75) is 52.0 Å². The molecule has 2 aliphatic rings. The van der Waals surface area contributed by atoms with E-state index in [4.69, 9.17) is 4.74 Å². The topological polar surface area (TPSA) is 74.4 Å². The van der Waals surface area contributed by atoms with Crippen molar-refractivity contribution in [2.75, 3.05) is 20.3 Å². The minimum atomic E-state index is -0.633. The third-order valence-electron chi connectivity index (χ3n) is 4.02. The van der Waals surface area contributed by atoms with Gasteiger partial charge in [0.2, 0.25) is 0 Å². The lowest BCUT2D eigenvalue weighted by Crippen LogP contribution is -2.65. The van der Waals surface area contributed by atoms with Crippen LogP contribution in [0.5, 0.6) is 0 Å². The van der Waals surface area contributed by atoms with Crippen LogP contribution in [0.1, 0.15) is 33.6 Å². The molecule has 0 aromatic heterocycles. The molecule has 2 heterocycles. The highest BCUT2D eigenvalue weighted by Crippen LogP contribution is 2.25. The first-order chi connectivity index (χ1) is 9.41. The minimum absolute atomic E-state index is 0.0614. The zero-order valence-electron chi connectivity index (χ0n) is 12.5. The second-order valence-electron chi connectivity index (χ2n) is 5.57. The molecular weight excluding hydrogens is 262 g/mol. The highest BCUT2D eigenvalue weighted by atomic mass is 16.7. The summed E-state index contributed by atoms with van der Waals surface area (Å²) in [5, 5.41) is 13.7. The highest BCUT2D eigenvalue weighted by Gasteiger charge is 2.40. The van der Waals surface area contributed by atoms with Gasteiger partial charge in [-0.15, -0.1) is 0 Å². The summed E-state index contributed by atoms with van der Waals surface area (Å²) in [5.41, 5.74) is 0. The standard InChI is InChI=1S/C12H23N5O3/c1-9(2)15-8-16(11-6-5-7-20-11)12(13-17(18)19)14(4)10(15)3/h9-11H,5-8H2,1-4H3. The first kappa shape index (κ1) is 15.0. The van der Waals surface area contributed by atoms with Gasteiger partial charge in [0.25, 0.3) is 5.96 Å². The van der Waals surface area contributed by atoms with Crippen LogP contribution in [0.2, 0.25) is 0 Å². The second kappa shape index (κ2) is 5.92. The molecule has 0 N–H and O–H groups in total. The van der Waals surface area contributed by atoms with Crippen LogP contribution >= 0.6 is 0 Å². The summed E-state index contributed by atoms with van der Waals surface area (Å²) in [7, 11) is 1.84. The van der Waals surface area contributed by atoms with Crippen molar-refractivity contribution < 1.29 is 9.77 Å². The number of nitro groups is 1. The van der Waals surface area contributed by atoms with Gasteiger partial charge >= 0.3 is 0 Å². The lowest BCUT2D eigenvalue weighted by atomic mass is 10.2. The molecule has 0 spiro atoms. The lowest BCUT2D eigenvalue weighted by molar-refractivity contribution is -0.486. The highest BCUT2D eigenvalue weighted by molar-refractivity contribution is 5.80. The molecule has 8 nitrogen and oxygen atoms in total. The fraction of sp³-hybridized carbons (Fsp3) is 0.917. The van der Waals surface area contributed by atoms with E-state index in [0.717, 1.165) is 12.8 Å². The van der Waals surface area contributed by atoms with Crippen LogP contribution in [0.3, 0.4) is 0 Å². The first-order valence-corrected chi connectivity index (χ1v) is 7.01. The number of guanidine groups is 1. The number of rotatable bonds is 3. The van der Waals surface area contributed by atoms with Gasteiger partial charge in [-0.05, 0) is 33.6 Å². The summed E-state index contributed by atoms with van der Waals surface area (Å²) < 4.78 is 5.69. The summed E-state index contributed by atoms with van der Waals surface area (Å²) in [6.45, 7) is 7.57. The van der Waals surface area contributed by atoms with Gasteiger partial charge in [0.05, 0.1) is 12.8 Å². The van der Waals surface area contributed by atoms with Crippen molar-refractivity contribution in [2.24, 2.45) is 5.10 Å². The molecule has 0 amide bonds. The Bertz CT molecular complexity index is 395.